The summed E-state index contributed by atoms with van der Waals surface area (Å²) in [5, 5.41) is 0. The fourth-order valence-corrected chi connectivity index (χ4v) is 2.46. The number of nitrogens with zero attached hydrogens (tertiary/aromatic N) is 1. The van der Waals surface area contributed by atoms with Crippen LogP contribution in [0.1, 0.15) is 36.8 Å². The lowest BCUT2D eigenvalue weighted by molar-refractivity contribution is -0.126. The Morgan fingerprint density at radius 2 is 2.06 bits per heavy atom. The molecule has 0 saturated carbocycles. The Hall–Kier alpha value is -1.75. The zero-order valence-electron chi connectivity index (χ0n) is 11.1. The fourth-order valence-electron chi connectivity index (χ4n) is 2.46. The van der Waals surface area contributed by atoms with Crippen LogP contribution in [0.25, 0.3) is 0 Å². The molecule has 0 aromatic heterocycles. The second-order valence-corrected chi connectivity index (χ2v) is 4.88. The summed E-state index contributed by atoms with van der Waals surface area (Å²) in [6, 6.07) is 8.64. The SMILES string of the molecule is CC#CC(=O)N1CCCC(c2ccc(C)cc2)C1. The van der Waals surface area contributed by atoms with Crippen LogP contribution in [0, 0.1) is 18.8 Å². The number of amides is 1. The molecule has 1 unspecified atom stereocenters. The van der Waals surface area contributed by atoms with Crippen LogP contribution in [-0.4, -0.2) is 23.9 Å². The van der Waals surface area contributed by atoms with E-state index < -0.39 is 0 Å². The van der Waals surface area contributed by atoms with Crippen molar-refractivity contribution in [2.45, 2.75) is 32.6 Å². The molecule has 1 fully saturated rings. The molecule has 1 atom stereocenters. The molecule has 0 N–H and O–H groups in total. The Balaban J connectivity index is 2.08. The molecule has 0 radical (unpaired) electrons. The minimum atomic E-state index is -0.0330. The third-order valence-corrected chi connectivity index (χ3v) is 3.49. The molecule has 1 aliphatic heterocycles. The van der Waals surface area contributed by atoms with Crippen LogP contribution in [0.2, 0.25) is 0 Å². The number of carbonyl (C=O) groups is 1. The van der Waals surface area contributed by atoms with Gasteiger partial charge in [-0.05, 0) is 38.2 Å². The molecule has 1 heterocycles. The molecule has 1 aromatic rings. The second-order valence-electron chi connectivity index (χ2n) is 4.88. The van der Waals surface area contributed by atoms with E-state index in [-0.39, 0.29) is 5.91 Å². The van der Waals surface area contributed by atoms with Crippen molar-refractivity contribution in [3.05, 3.63) is 35.4 Å². The topological polar surface area (TPSA) is 20.3 Å². The summed E-state index contributed by atoms with van der Waals surface area (Å²) in [7, 11) is 0. The molecule has 1 saturated heterocycles. The molecule has 1 aliphatic rings. The standard InChI is InChI=1S/C16H19NO/c1-3-5-16(18)17-11-4-6-15(12-17)14-9-7-13(2)8-10-14/h7-10,15H,4,6,11-12H2,1-2H3. The number of aryl methyl sites for hydroxylation is 1. The van der Waals surface area contributed by atoms with Crippen molar-refractivity contribution in [2.24, 2.45) is 0 Å². The van der Waals surface area contributed by atoms with Gasteiger partial charge in [-0.15, -0.1) is 0 Å². The molecule has 2 rings (SSSR count). The van der Waals surface area contributed by atoms with Gasteiger partial charge in [-0.3, -0.25) is 4.79 Å². The van der Waals surface area contributed by atoms with Crippen LogP contribution >= 0.6 is 0 Å². The molecule has 94 valence electrons. The van der Waals surface area contributed by atoms with E-state index in [1.165, 1.54) is 11.1 Å². The van der Waals surface area contributed by atoms with Gasteiger partial charge in [0.2, 0.25) is 0 Å². The first-order valence-electron chi connectivity index (χ1n) is 6.49. The van der Waals surface area contributed by atoms with Crippen molar-refractivity contribution in [1.29, 1.82) is 0 Å². The summed E-state index contributed by atoms with van der Waals surface area (Å²) in [6.45, 7) is 5.45. The smallest absolute Gasteiger partial charge is 0.298 e. The molecule has 0 spiro atoms. The zero-order chi connectivity index (χ0) is 13.0. The molecule has 1 amide bonds. The average Bonchev–Trinajstić information content (AvgIpc) is 2.40. The lowest BCUT2D eigenvalue weighted by Gasteiger charge is -2.31. The predicted molar refractivity (Wildman–Crippen MR) is 73.2 cm³/mol. The Kier molecular flexibility index (Phi) is 4.04. The summed E-state index contributed by atoms with van der Waals surface area (Å²) >= 11 is 0. The van der Waals surface area contributed by atoms with Crippen LogP contribution in [0.5, 0.6) is 0 Å². The number of piperidine rings is 1. The molecule has 0 aliphatic carbocycles. The molecule has 2 nitrogen and oxygen atoms in total. The van der Waals surface area contributed by atoms with Gasteiger partial charge in [-0.1, -0.05) is 35.7 Å². The summed E-state index contributed by atoms with van der Waals surface area (Å²) in [4.78, 5) is 13.7. The quantitative estimate of drug-likeness (QED) is 0.692. The van der Waals surface area contributed by atoms with E-state index in [2.05, 4.69) is 43.0 Å². The van der Waals surface area contributed by atoms with Crippen molar-refractivity contribution in [3.63, 3.8) is 0 Å². The average molecular weight is 241 g/mol. The zero-order valence-corrected chi connectivity index (χ0v) is 11.1. The van der Waals surface area contributed by atoms with Gasteiger partial charge in [0.05, 0.1) is 0 Å². The van der Waals surface area contributed by atoms with E-state index in [1.807, 2.05) is 4.90 Å². The lowest BCUT2D eigenvalue weighted by atomic mass is 9.90. The maximum atomic E-state index is 11.8. The van der Waals surface area contributed by atoms with E-state index in [4.69, 9.17) is 0 Å². The van der Waals surface area contributed by atoms with Gasteiger partial charge in [0.1, 0.15) is 0 Å². The minimum absolute atomic E-state index is 0.0330. The first-order valence-corrected chi connectivity index (χ1v) is 6.49. The van der Waals surface area contributed by atoms with Gasteiger partial charge >= 0.3 is 0 Å². The van der Waals surface area contributed by atoms with Crippen LogP contribution < -0.4 is 0 Å². The molecule has 1 aromatic carbocycles. The third kappa shape index (κ3) is 2.92. The normalized spacial score (nSPS) is 19.0. The highest BCUT2D eigenvalue weighted by Crippen LogP contribution is 2.26. The maximum Gasteiger partial charge on any atom is 0.298 e. The van der Waals surface area contributed by atoms with Gasteiger partial charge in [0.15, 0.2) is 0 Å². The van der Waals surface area contributed by atoms with Gasteiger partial charge in [0, 0.05) is 19.0 Å². The number of hydrogen-bond donors (Lipinski definition) is 0. The molecule has 18 heavy (non-hydrogen) atoms. The Labute approximate surface area is 109 Å². The maximum absolute atomic E-state index is 11.8. The largest absolute Gasteiger partial charge is 0.331 e. The molecular formula is C16H19NO. The van der Waals surface area contributed by atoms with Crippen molar-refractivity contribution in [3.8, 4) is 11.8 Å². The van der Waals surface area contributed by atoms with E-state index >= 15 is 0 Å². The van der Waals surface area contributed by atoms with Crippen LogP contribution in [0.4, 0.5) is 0 Å². The number of benzene rings is 1. The second kappa shape index (κ2) is 5.73. The summed E-state index contributed by atoms with van der Waals surface area (Å²) in [6.07, 6.45) is 2.22. The number of hydrogen-bond acceptors (Lipinski definition) is 1. The van der Waals surface area contributed by atoms with Crippen molar-refractivity contribution >= 4 is 5.91 Å². The van der Waals surface area contributed by atoms with Gasteiger partial charge < -0.3 is 4.90 Å². The summed E-state index contributed by atoms with van der Waals surface area (Å²) in [5.41, 5.74) is 2.61. The monoisotopic (exact) mass is 241 g/mol. The lowest BCUT2D eigenvalue weighted by Crippen LogP contribution is -2.38. The molecule has 0 bridgehead atoms. The number of likely N-dealkylation sites (tertiary alicyclic amines) is 1. The highest BCUT2D eigenvalue weighted by Gasteiger charge is 2.23. The Morgan fingerprint density at radius 3 is 2.72 bits per heavy atom. The minimum Gasteiger partial charge on any atom is -0.331 e. The summed E-state index contributed by atoms with van der Waals surface area (Å²) < 4.78 is 0. The highest BCUT2D eigenvalue weighted by molar-refractivity contribution is 5.93. The fraction of sp³-hybridized carbons (Fsp3) is 0.438. The van der Waals surface area contributed by atoms with Crippen LogP contribution in [0.3, 0.4) is 0 Å². The van der Waals surface area contributed by atoms with E-state index in [9.17, 15) is 4.79 Å². The highest BCUT2D eigenvalue weighted by atomic mass is 16.2. The third-order valence-electron chi connectivity index (χ3n) is 3.49. The van der Waals surface area contributed by atoms with Crippen LogP contribution in [0.15, 0.2) is 24.3 Å². The van der Waals surface area contributed by atoms with Crippen molar-refractivity contribution in [2.75, 3.05) is 13.1 Å². The van der Waals surface area contributed by atoms with Crippen molar-refractivity contribution < 1.29 is 4.79 Å². The molecular weight excluding hydrogens is 222 g/mol. The van der Waals surface area contributed by atoms with Gasteiger partial charge in [-0.25, -0.2) is 0 Å². The van der Waals surface area contributed by atoms with Gasteiger partial charge in [-0.2, -0.15) is 0 Å². The Morgan fingerprint density at radius 1 is 1.33 bits per heavy atom. The van der Waals surface area contributed by atoms with Crippen LogP contribution in [-0.2, 0) is 4.79 Å². The van der Waals surface area contributed by atoms with E-state index in [0.717, 1.165) is 25.9 Å². The number of carbonyl (C=O) groups excluding carboxylic acids is 1. The number of rotatable bonds is 1. The van der Waals surface area contributed by atoms with Crippen molar-refractivity contribution in [1.82, 2.24) is 4.90 Å². The van der Waals surface area contributed by atoms with E-state index in [0.29, 0.717) is 5.92 Å². The predicted octanol–water partition coefficient (Wildman–Crippen LogP) is 2.72. The molecule has 2 heteroatoms. The summed E-state index contributed by atoms with van der Waals surface area (Å²) in [5.74, 6) is 5.75. The Bertz CT molecular complexity index is 478. The first kappa shape index (κ1) is 12.7. The first-order chi connectivity index (χ1) is 8.70. The van der Waals surface area contributed by atoms with Gasteiger partial charge in [0.25, 0.3) is 5.91 Å². The van der Waals surface area contributed by atoms with E-state index in [1.54, 1.807) is 6.92 Å².